The molecule has 0 amide bonds. The minimum Gasteiger partial charge on any atom is -0.319 e. The molecule has 0 aliphatic carbocycles. The molecule has 7 heteroatoms. The van der Waals surface area contributed by atoms with Crippen LogP contribution in [0, 0.1) is 11.8 Å². The molecule has 2 N–H and O–H groups in total. The molecule has 2 aliphatic heterocycles. The lowest BCUT2D eigenvalue weighted by molar-refractivity contribution is 0.209. The molecule has 6 nitrogen and oxygen atoms in total. The highest BCUT2D eigenvalue weighted by Crippen LogP contribution is 2.19. The molecule has 1 atom stereocenters. The fraction of sp³-hybridized carbons (Fsp3) is 1.00. The summed E-state index contributed by atoms with van der Waals surface area (Å²) >= 11 is 0. The second-order valence-electron chi connectivity index (χ2n) is 6.52. The van der Waals surface area contributed by atoms with Crippen molar-refractivity contribution in [2.45, 2.75) is 25.7 Å². The van der Waals surface area contributed by atoms with Gasteiger partial charge >= 0.3 is 0 Å². The molecular weight excluding hydrogens is 288 g/mol. The topological polar surface area (TPSA) is 64.7 Å². The van der Waals surface area contributed by atoms with Crippen LogP contribution >= 0.6 is 0 Å². The largest absolute Gasteiger partial charge is 0.319 e. The SMILES string of the molecule is CNCC1CCN(S(=O)(=O)NCC2CCCN(C)C2)CC1. The van der Waals surface area contributed by atoms with Crippen molar-refractivity contribution in [2.75, 3.05) is 53.4 Å². The van der Waals surface area contributed by atoms with Crippen molar-refractivity contribution >= 4 is 10.2 Å². The van der Waals surface area contributed by atoms with Crippen LogP contribution in [0.2, 0.25) is 0 Å². The van der Waals surface area contributed by atoms with Gasteiger partial charge in [0, 0.05) is 26.2 Å². The average Bonchev–Trinajstić information content (AvgIpc) is 2.46. The van der Waals surface area contributed by atoms with Crippen molar-refractivity contribution in [1.29, 1.82) is 0 Å². The Hall–Kier alpha value is -0.210. The zero-order valence-corrected chi connectivity index (χ0v) is 14.2. The van der Waals surface area contributed by atoms with Crippen LogP contribution in [0.3, 0.4) is 0 Å². The summed E-state index contributed by atoms with van der Waals surface area (Å²) in [5, 5.41) is 3.18. The van der Waals surface area contributed by atoms with E-state index in [2.05, 4.69) is 22.0 Å². The lowest BCUT2D eigenvalue weighted by Gasteiger charge is -2.33. The standard InChI is InChI=1S/C14H30N4O2S/c1-15-10-13-5-8-18(9-6-13)21(19,20)16-11-14-4-3-7-17(2)12-14/h13-16H,3-12H2,1-2H3. The first-order chi connectivity index (χ1) is 10.0. The van der Waals surface area contributed by atoms with Crippen LogP contribution in [0.1, 0.15) is 25.7 Å². The van der Waals surface area contributed by atoms with Gasteiger partial charge in [-0.3, -0.25) is 0 Å². The lowest BCUT2D eigenvalue weighted by atomic mass is 9.98. The van der Waals surface area contributed by atoms with Gasteiger partial charge in [0.15, 0.2) is 0 Å². The van der Waals surface area contributed by atoms with E-state index >= 15 is 0 Å². The molecule has 0 aromatic heterocycles. The number of nitrogens with zero attached hydrogens (tertiary/aromatic N) is 2. The summed E-state index contributed by atoms with van der Waals surface area (Å²) in [5.74, 6) is 1.05. The van der Waals surface area contributed by atoms with Crippen molar-refractivity contribution in [1.82, 2.24) is 19.2 Å². The normalized spacial score (nSPS) is 27.0. The third kappa shape index (κ3) is 5.17. The van der Waals surface area contributed by atoms with Crippen LogP contribution < -0.4 is 10.0 Å². The van der Waals surface area contributed by atoms with Crippen molar-refractivity contribution in [3.8, 4) is 0 Å². The number of rotatable bonds is 6. The predicted molar refractivity (Wildman–Crippen MR) is 85.4 cm³/mol. The molecule has 2 saturated heterocycles. The molecule has 2 fully saturated rings. The molecule has 21 heavy (non-hydrogen) atoms. The quantitative estimate of drug-likeness (QED) is 0.729. The zero-order chi connectivity index (χ0) is 15.3. The minimum absolute atomic E-state index is 0.445. The van der Waals surface area contributed by atoms with E-state index in [4.69, 9.17) is 0 Å². The smallest absolute Gasteiger partial charge is 0.279 e. The lowest BCUT2D eigenvalue weighted by Crippen LogP contribution is -2.48. The molecule has 1 unspecified atom stereocenters. The van der Waals surface area contributed by atoms with E-state index in [-0.39, 0.29) is 0 Å². The number of hydrogen-bond donors (Lipinski definition) is 2. The van der Waals surface area contributed by atoms with Gasteiger partial charge in [-0.15, -0.1) is 0 Å². The summed E-state index contributed by atoms with van der Waals surface area (Å²) < 4.78 is 29.2. The molecule has 2 heterocycles. The number of likely N-dealkylation sites (tertiary alicyclic amines) is 1. The maximum Gasteiger partial charge on any atom is 0.279 e. The molecule has 0 aromatic carbocycles. The molecule has 0 radical (unpaired) electrons. The van der Waals surface area contributed by atoms with Crippen molar-refractivity contribution < 1.29 is 8.42 Å². The first-order valence-corrected chi connectivity index (χ1v) is 9.53. The highest BCUT2D eigenvalue weighted by molar-refractivity contribution is 7.87. The summed E-state index contributed by atoms with van der Waals surface area (Å²) in [6.45, 7) is 4.96. The summed E-state index contributed by atoms with van der Waals surface area (Å²) in [6.07, 6.45) is 4.19. The highest BCUT2D eigenvalue weighted by atomic mass is 32.2. The molecule has 0 aromatic rings. The number of piperidine rings is 2. The Labute approximate surface area is 129 Å². The van der Waals surface area contributed by atoms with Gasteiger partial charge in [-0.1, -0.05) is 0 Å². The van der Waals surface area contributed by atoms with Gasteiger partial charge in [0.05, 0.1) is 0 Å². The molecule has 0 spiro atoms. The molecule has 2 aliphatic rings. The van der Waals surface area contributed by atoms with Gasteiger partial charge in [-0.25, -0.2) is 4.72 Å². The molecule has 124 valence electrons. The fourth-order valence-corrected chi connectivity index (χ4v) is 4.72. The Bertz CT molecular complexity index is 407. The van der Waals surface area contributed by atoms with Gasteiger partial charge in [0.1, 0.15) is 0 Å². The average molecular weight is 318 g/mol. The van der Waals surface area contributed by atoms with Gasteiger partial charge in [-0.05, 0) is 64.7 Å². The highest BCUT2D eigenvalue weighted by Gasteiger charge is 2.28. The first-order valence-electron chi connectivity index (χ1n) is 8.09. The van der Waals surface area contributed by atoms with Crippen molar-refractivity contribution in [2.24, 2.45) is 11.8 Å². The summed E-state index contributed by atoms with van der Waals surface area (Å²) in [4.78, 5) is 2.28. The third-order valence-corrected chi connectivity index (χ3v) is 6.26. The number of hydrogen-bond acceptors (Lipinski definition) is 4. The summed E-state index contributed by atoms with van der Waals surface area (Å²) in [6, 6.07) is 0. The van der Waals surface area contributed by atoms with Crippen LogP contribution in [-0.4, -0.2) is 71.0 Å². The maximum absolute atomic E-state index is 12.4. The van der Waals surface area contributed by atoms with Crippen LogP contribution in [0.25, 0.3) is 0 Å². The monoisotopic (exact) mass is 318 g/mol. The fourth-order valence-electron chi connectivity index (χ4n) is 3.40. The predicted octanol–water partition coefficient (Wildman–Crippen LogP) is 0.0940. The molecular formula is C14H30N4O2S. The Kier molecular flexibility index (Phi) is 6.43. The van der Waals surface area contributed by atoms with Gasteiger partial charge < -0.3 is 10.2 Å². The van der Waals surface area contributed by atoms with Gasteiger partial charge in [0.25, 0.3) is 10.2 Å². The Morgan fingerprint density at radius 1 is 1.05 bits per heavy atom. The van der Waals surface area contributed by atoms with E-state index in [9.17, 15) is 8.42 Å². The van der Waals surface area contributed by atoms with Crippen LogP contribution in [-0.2, 0) is 10.2 Å². The van der Waals surface area contributed by atoms with E-state index in [1.165, 1.54) is 0 Å². The second kappa shape index (κ2) is 7.87. The van der Waals surface area contributed by atoms with Crippen LogP contribution in [0.15, 0.2) is 0 Å². The van der Waals surface area contributed by atoms with Crippen molar-refractivity contribution in [3.05, 3.63) is 0 Å². The Morgan fingerprint density at radius 3 is 2.38 bits per heavy atom. The second-order valence-corrected chi connectivity index (χ2v) is 8.28. The molecule has 0 bridgehead atoms. The van der Waals surface area contributed by atoms with E-state index in [1.54, 1.807) is 4.31 Å². The van der Waals surface area contributed by atoms with Crippen LogP contribution in [0.4, 0.5) is 0 Å². The maximum atomic E-state index is 12.4. The third-order valence-electron chi connectivity index (χ3n) is 4.68. The Balaban J connectivity index is 1.77. The molecule has 2 rings (SSSR count). The van der Waals surface area contributed by atoms with Gasteiger partial charge in [-0.2, -0.15) is 12.7 Å². The summed E-state index contributed by atoms with van der Waals surface area (Å²) in [7, 11) is 0.760. The minimum atomic E-state index is -3.29. The van der Waals surface area contributed by atoms with E-state index in [1.807, 2.05) is 7.05 Å². The zero-order valence-electron chi connectivity index (χ0n) is 13.3. The van der Waals surface area contributed by atoms with E-state index in [0.717, 1.165) is 45.3 Å². The Morgan fingerprint density at radius 2 is 1.76 bits per heavy atom. The number of nitrogens with one attached hydrogen (secondary N) is 2. The van der Waals surface area contributed by atoms with Crippen molar-refractivity contribution in [3.63, 3.8) is 0 Å². The van der Waals surface area contributed by atoms with E-state index < -0.39 is 10.2 Å². The van der Waals surface area contributed by atoms with Crippen LogP contribution in [0.5, 0.6) is 0 Å². The molecule has 0 saturated carbocycles. The first kappa shape index (κ1) is 17.1. The summed E-state index contributed by atoms with van der Waals surface area (Å²) in [5.41, 5.74) is 0. The van der Waals surface area contributed by atoms with Gasteiger partial charge in [0.2, 0.25) is 0 Å². The van der Waals surface area contributed by atoms with E-state index in [0.29, 0.717) is 31.5 Å².